The van der Waals surface area contributed by atoms with E-state index in [0.29, 0.717) is 36.3 Å². The van der Waals surface area contributed by atoms with Crippen molar-refractivity contribution in [2.45, 2.75) is 87.5 Å². The van der Waals surface area contributed by atoms with E-state index in [4.69, 9.17) is 14.6 Å². The molecule has 4 fully saturated rings. The first-order valence-corrected chi connectivity index (χ1v) is 11.1. The number of carboxylic acids is 1. The van der Waals surface area contributed by atoms with Gasteiger partial charge in [-0.3, -0.25) is 4.79 Å². The van der Waals surface area contributed by atoms with Crippen LogP contribution in [0.3, 0.4) is 0 Å². The summed E-state index contributed by atoms with van der Waals surface area (Å²) in [7, 11) is 0. The molecule has 3 aliphatic heterocycles. The lowest BCUT2D eigenvalue weighted by Gasteiger charge is -2.28. The zero-order valence-corrected chi connectivity index (χ0v) is 15.7. The summed E-state index contributed by atoms with van der Waals surface area (Å²) in [6.07, 6.45) is 15.7. The van der Waals surface area contributed by atoms with Gasteiger partial charge in [0.1, 0.15) is 12.2 Å². The predicted molar refractivity (Wildman–Crippen MR) is 98.9 cm³/mol. The van der Waals surface area contributed by atoms with Crippen molar-refractivity contribution in [3.05, 3.63) is 12.2 Å². The summed E-state index contributed by atoms with van der Waals surface area (Å²) in [5.41, 5.74) is 0. The lowest BCUT2D eigenvalue weighted by Crippen LogP contribution is -2.34. The quantitative estimate of drug-likeness (QED) is 0.379. The van der Waals surface area contributed by atoms with Gasteiger partial charge in [0.2, 0.25) is 0 Å². The Labute approximate surface area is 154 Å². The molecule has 4 rings (SSSR count). The van der Waals surface area contributed by atoms with Crippen LogP contribution in [-0.4, -0.2) is 46.5 Å². The van der Waals surface area contributed by atoms with E-state index in [9.17, 15) is 4.79 Å². The van der Waals surface area contributed by atoms with E-state index in [1.54, 1.807) is 0 Å². The molecule has 3 saturated heterocycles. The van der Waals surface area contributed by atoms with Gasteiger partial charge in [-0.25, -0.2) is 0 Å². The van der Waals surface area contributed by atoms with Crippen molar-refractivity contribution in [3.63, 3.8) is 0 Å². The Morgan fingerprint density at radius 3 is 2.48 bits per heavy atom. The third-order valence-corrected chi connectivity index (χ3v) is 7.85. The van der Waals surface area contributed by atoms with E-state index in [0.717, 1.165) is 24.5 Å². The molecular formula is C20H30O4S. The van der Waals surface area contributed by atoms with E-state index in [2.05, 4.69) is 23.9 Å². The van der Waals surface area contributed by atoms with Crippen molar-refractivity contribution in [2.75, 3.05) is 5.75 Å². The molecule has 0 unspecified atom stereocenters. The van der Waals surface area contributed by atoms with Gasteiger partial charge in [0.15, 0.2) is 0 Å². The molecule has 5 heteroatoms. The van der Waals surface area contributed by atoms with Crippen molar-refractivity contribution in [3.8, 4) is 0 Å². The number of aliphatic carboxylic acids is 1. The van der Waals surface area contributed by atoms with Crippen LogP contribution < -0.4 is 0 Å². The fourth-order valence-corrected chi connectivity index (χ4v) is 6.52. The molecule has 25 heavy (non-hydrogen) atoms. The number of carbonyl (C=O) groups is 1. The topological polar surface area (TPSA) is 59.1 Å². The number of hydrogen-bond donors (Lipinski definition) is 1. The largest absolute Gasteiger partial charge is 0.481 e. The highest BCUT2D eigenvalue weighted by molar-refractivity contribution is 7.99. The minimum absolute atomic E-state index is 0.264. The number of thioether (sulfide) groups is 1. The maximum atomic E-state index is 10.6. The fraction of sp³-hybridized carbons (Fsp3) is 0.850. The monoisotopic (exact) mass is 366 g/mol. The molecule has 1 aliphatic carbocycles. The molecule has 1 N–H and O–H groups in total. The van der Waals surface area contributed by atoms with Crippen molar-refractivity contribution in [1.82, 2.24) is 0 Å². The summed E-state index contributed by atoms with van der Waals surface area (Å²) in [6, 6.07) is 0. The molecular weight excluding hydrogens is 336 g/mol. The molecule has 4 aliphatic rings. The molecule has 0 radical (unpaired) electrons. The second-order valence-electron chi connectivity index (χ2n) is 8.04. The van der Waals surface area contributed by atoms with Crippen LogP contribution in [0.15, 0.2) is 12.2 Å². The molecule has 0 aromatic rings. The van der Waals surface area contributed by atoms with Crippen molar-refractivity contribution >= 4 is 17.7 Å². The molecule has 4 nitrogen and oxygen atoms in total. The fourth-order valence-electron chi connectivity index (χ4n) is 4.93. The first-order chi connectivity index (χ1) is 12.2. The highest BCUT2D eigenvalue weighted by atomic mass is 32.2. The average molecular weight is 367 g/mol. The Balaban J connectivity index is 1.26. The Morgan fingerprint density at radius 1 is 1.00 bits per heavy atom. The van der Waals surface area contributed by atoms with E-state index >= 15 is 0 Å². The van der Waals surface area contributed by atoms with Crippen molar-refractivity contribution in [2.24, 2.45) is 11.8 Å². The highest BCUT2D eigenvalue weighted by Gasteiger charge is 2.68. The number of unbranched alkanes of at least 4 members (excludes halogenated alkanes) is 1. The first-order valence-electron chi connectivity index (χ1n) is 10.0. The van der Waals surface area contributed by atoms with Crippen LogP contribution in [-0.2, 0) is 14.3 Å². The number of allylic oxidation sites excluding steroid dienone is 2. The SMILES string of the molecule is O=C(O)CCCC=CC[C@H]1[C@@H](CSC2CCCCC2)[C@@H]2O[C@H]1[C@@H]1O[C@@H]12. The van der Waals surface area contributed by atoms with Crippen molar-refractivity contribution in [1.29, 1.82) is 0 Å². The van der Waals surface area contributed by atoms with E-state index in [1.807, 2.05) is 0 Å². The normalized spacial score (nSPS) is 39.8. The van der Waals surface area contributed by atoms with Gasteiger partial charge < -0.3 is 14.6 Å². The summed E-state index contributed by atoms with van der Waals surface area (Å²) in [6.45, 7) is 0. The van der Waals surface area contributed by atoms with E-state index < -0.39 is 5.97 Å². The molecule has 0 aromatic heterocycles. The summed E-state index contributed by atoms with van der Waals surface area (Å²) >= 11 is 2.18. The van der Waals surface area contributed by atoms with Crippen LogP contribution in [0, 0.1) is 11.8 Å². The molecule has 0 spiro atoms. The minimum Gasteiger partial charge on any atom is -0.481 e. The summed E-state index contributed by atoms with van der Waals surface area (Å²) in [5, 5.41) is 9.55. The number of epoxide rings is 1. The van der Waals surface area contributed by atoms with E-state index in [1.165, 1.54) is 37.9 Å². The Kier molecular flexibility index (Phi) is 5.73. The van der Waals surface area contributed by atoms with Crippen LogP contribution in [0.5, 0.6) is 0 Å². The van der Waals surface area contributed by atoms with Gasteiger partial charge in [0, 0.05) is 17.6 Å². The third kappa shape index (κ3) is 4.09. The van der Waals surface area contributed by atoms with Gasteiger partial charge in [-0.05, 0) is 43.8 Å². The number of fused-ring (bicyclic) bond motifs is 5. The van der Waals surface area contributed by atoms with Gasteiger partial charge in [-0.15, -0.1) is 0 Å². The molecule has 6 atom stereocenters. The van der Waals surface area contributed by atoms with Crippen LogP contribution in [0.4, 0.5) is 0 Å². The lowest BCUT2D eigenvalue weighted by atomic mass is 9.78. The number of carboxylic acid groups (broad SMARTS) is 1. The zero-order chi connectivity index (χ0) is 17.2. The number of rotatable bonds is 9. The lowest BCUT2D eigenvalue weighted by molar-refractivity contribution is -0.137. The molecule has 3 heterocycles. The second-order valence-corrected chi connectivity index (χ2v) is 9.38. The van der Waals surface area contributed by atoms with Crippen LogP contribution >= 0.6 is 11.8 Å². The van der Waals surface area contributed by atoms with Crippen LogP contribution in [0.2, 0.25) is 0 Å². The van der Waals surface area contributed by atoms with Gasteiger partial charge in [0.05, 0.1) is 12.2 Å². The molecule has 1 saturated carbocycles. The maximum absolute atomic E-state index is 10.6. The standard InChI is InChI=1S/C20H30O4S/c21-16(22)11-7-2-1-6-10-14-15(12-25-13-8-4-3-5-9-13)18-20-19(24-20)17(14)23-18/h1,6,13-15,17-20H,2-5,7-12H2,(H,21,22)/t14-,15+,17+,18-,19-,20+/m0/s1. The van der Waals surface area contributed by atoms with Crippen molar-refractivity contribution < 1.29 is 19.4 Å². The van der Waals surface area contributed by atoms with Gasteiger partial charge >= 0.3 is 5.97 Å². The van der Waals surface area contributed by atoms with Gasteiger partial charge in [-0.2, -0.15) is 11.8 Å². The average Bonchev–Trinajstić information content (AvgIpc) is 3.24. The number of ether oxygens (including phenoxy) is 2. The summed E-state index contributed by atoms with van der Waals surface area (Å²) in [4.78, 5) is 10.6. The van der Waals surface area contributed by atoms with Crippen LogP contribution in [0.25, 0.3) is 0 Å². The molecule has 0 aromatic carbocycles. The Morgan fingerprint density at radius 2 is 1.72 bits per heavy atom. The second kappa shape index (κ2) is 8.01. The van der Waals surface area contributed by atoms with Crippen LogP contribution in [0.1, 0.15) is 57.8 Å². The maximum Gasteiger partial charge on any atom is 0.303 e. The first kappa shape index (κ1) is 17.9. The summed E-state index contributed by atoms with van der Waals surface area (Å²) < 4.78 is 12.1. The van der Waals surface area contributed by atoms with Gasteiger partial charge in [-0.1, -0.05) is 31.4 Å². The Hall–Kier alpha value is -0.520. The molecule has 2 bridgehead atoms. The van der Waals surface area contributed by atoms with Gasteiger partial charge in [0.25, 0.3) is 0 Å². The molecule has 0 amide bonds. The summed E-state index contributed by atoms with van der Waals surface area (Å²) in [5.74, 6) is 1.73. The molecule has 140 valence electrons. The number of hydrogen-bond acceptors (Lipinski definition) is 4. The highest BCUT2D eigenvalue weighted by Crippen LogP contribution is 2.55. The zero-order valence-electron chi connectivity index (χ0n) is 14.8. The Bertz CT molecular complexity index is 502. The smallest absolute Gasteiger partial charge is 0.303 e. The third-order valence-electron chi connectivity index (χ3n) is 6.33. The van der Waals surface area contributed by atoms with E-state index in [-0.39, 0.29) is 6.42 Å². The minimum atomic E-state index is -0.702. The predicted octanol–water partition coefficient (Wildman–Crippen LogP) is 4.03.